The van der Waals surface area contributed by atoms with Crippen molar-refractivity contribution in [3.05, 3.63) is 71.3 Å². The average molecular weight is 438 g/mol. The molecule has 1 amide bonds. The number of ether oxygens (including phenoxy) is 1. The third kappa shape index (κ3) is 6.39. The van der Waals surface area contributed by atoms with Gasteiger partial charge in [0.25, 0.3) is 0 Å². The molecule has 2 heterocycles. The first-order valence-corrected chi connectivity index (χ1v) is 11.8. The lowest BCUT2D eigenvalue weighted by molar-refractivity contribution is -0.126. The van der Waals surface area contributed by atoms with E-state index in [-0.39, 0.29) is 24.7 Å². The number of hydrogen-bond acceptors (Lipinski definition) is 5. The largest absolute Gasteiger partial charge is 0.395 e. The third-order valence-electron chi connectivity index (χ3n) is 6.56. The van der Waals surface area contributed by atoms with Gasteiger partial charge >= 0.3 is 0 Å². The van der Waals surface area contributed by atoms with Gasteiger partial charge in [-0.1, -0.05) is 54.6 Å². The fourth-order valence-corrected chi connectivity index (χ4v) is 4.77. The monoisotopic (exact) mass is 437 g/mol. The Morgan fingerprint density at radius 2 is 1.81 bits per heavy atom. The molecule has 2 aliphatic heterocycles. The van der Waals surface area contributed by atoms with Crippen molar-refractivity contribution < 1.29 is 14.6 Å². The Bertz CT molecular complexity index is 860. The van der Waals surface area contributed by atoms with Crippen LogP contribution in [0.15, 0.2) is 54.6 Å². The van der Waals surface area contributed by atoms with Crippen molar-refractivity contribution in [2.45, 2.75) is 51.0 Å². The highest BCUT2D eigenvalue weighted by Gasteiger charge is 2.25. The van der Waals surface area contributed by atoms with E-state index in [0.29, 0.717) is 19.6 Å². The van der Waals surface area contributed by atoms with Crippen LogP contribution in [-0.2, 0) is 29.2 Å². The molecule has 0 aromatic heterocycles. The van der Waals surface area contributed by atoms with Crippen molar-refractivity contribution in [2.75, 3.05) is 32.8 Å². The minimum atomic E-state index is -0.0716. The zero-order chi connectivity index (χ0) is 22.2. The lowest BCUT2D eigenvalue weighted by Crippen LogP contribution is -2.44. The van der Waals surface area contributed by atoms with Crippen molar-refractivity contribution in [3.8, 4) is 0 Å². The van der Waals surface area contributed by atoms with E-state index < -0.39 is 0 Å². The van der Waals surface area contributed by atoms with Crippen molar-refractivity contribution >= 4 is 5.91 Å². The van der Waals surface area contributed by atoms with Gasteiger partial charge in [-0.05, 0) is 36.1 Å². The Morgan fingerprint density at radius 3 is 2.62 bits per heavy atom. The molecule has 2 aliphatic rings. The fraction of sp³-hybridized carbons (Fsp3) is 0.500. The third-order valence-corrected chi connectivity index (χ3v) is 6.56. The fourth-order valence-electron chi connectivity index (χ4n) is 4.77. The summed E-state index contributed by atoms with van der Waals surface area (Å²) in [6.45, 7) is 5.79. The lowest BCUT2D eigenvalue weighted by atomic mass is 10.1. The van der Waals surface area contributed by atoms with Gasteiger partial charge in [-0.2, -0.15) is 0 Å². The highest BCUT2D eigenvalue weighted by molar-refractivity contribution is 5.76. The van der Waals surface area contributed by atoms with Crippen LogP contribution in [0.5, 0.6) is 0 Å². The van der Waals surface area contributed by atoms with Crippen molar-refractivity contribution in [1.82, 2.24) is 15.1 Å². The molecule has 0 saturated carbocycles. The van der Waals surface area contributed by atoms with Crippen LogP contribution in [0, 0.1) is 0 Å². The summed E-state index contributed by atoms with van der Waals surface area (Å²) in [7, 11) is 0. The van der Waals surface area contributed by atoms with E-state index in [1.807, 2.05) is 18.2 Å². The SMILES string of the molecule is O=C(CC1CN(Cc2ccccc2)CCO1)NCc1ccccc1CN1CCCC1CO. The summed E-state index contributed by atoms with van der Waals surface area (Å²) >= 11 is 0. The molecule has 0 spiro atoms. The Labute approximate surface area is 191 Å². The van der Waals surface area contributed by atoms with E-state index in [0.717, 1.165) is 51.1 Å². The Hall–Kier alpha value is -2.25. The smallest absolute Gasteiger partial charge is 0.222 e. The molecule has 32 heavy (non-hydrogen) atoms. The number of amides is 1. The molecule has 2 fully saturated rings. The van der Waals surface area contributed by atoms with Crippen LogP contribution >= 0.6 is 0 Å². The van der Waals surface area contributed by atoms with Crippen LogP contribution in [0.2, 0.25) is 0 Å². The molecule has 6 heteroatoms. The average Bonchev–Trinajstić information content (AvgIpc) is 3.26. The molecule has 2 saturated heterocycles. The number of benzene rings is 2. The van der Waals surface area contributed by atoms with Crippen LogP contribution in [0.1, 0.15) is 36.0 Å². The maximum atomic E-state index is 12.7. The zero-order valence-electron chi connectivity index (χ0n) is 18.8. The Kier molecular flexibility index (Phi) is 8.29. The van der Waals surface area contributed by atoms with E-state index in [1.54, 1.807) is 0 Å². The summed E-state index contributed by atoms with van der Waals surface area (Å²) in [5.74, 6) is 0.0285. The molecule has 4 rings (SSSR count). The second kappa shape index (κ2) is 11.6. The first-order valence-electron chi connectivity index (χ1n) is 11.8. The molecular weight excluding hydrogens is 402 g/mol. The number of nitrogens with one attached hydrogen (secondary N) is 1. The molecule has 6 nitrogen and oxygen atoms in total. The normalized spacial score (nSPS) is 22.2. The summed E-state index contributed by atoms with van der Waals surface area (Å²) in [6, 6.07) is 19.0. The van der Waals surface area contributed by atoms with Gasteiger partial charge in [0.15, 0.2) is 0 Å². The molecule has 172 valence electrons. The molecule has 0 bridgehead atoms. The quantitative estimate of drug-likeness (QED) is 0.631. The van der Waals surface area contributed by atoms with E-state index >= 15 is 0 Å². The summed E-state index contributed by atoms with van der Waals surface area (Å²) in [5.41, 5.74) is 3.64. The Morgan fingerprint density at radius 1 is 1.03 bits per heavy atom. The van der Waals surface area contributed by atoms with Crippen molar-refractivity contribution in [2.24, 2.45) is 0 Å². The molecule has 2 aromatic rings. The second-order valence-corrected chi connectivity index (χ2v) is 8.91. The first kappa shape index (κ1) is 22.9. The number of likely N-dealkylation sites (tertiary alicyclic amines) is 1. The number of aliphatic hydroxyl groups is 1. The molecule has 0 radical (unpaired) electrons. The van der Waals surface area contributed by atoms with Gasteiger partial charge < -0.3 is 15.2 Å². The minimum absolute atomic E-state index is 0.0285. The van der Waals surface area contributed by atoms with E-state index in [2.05, 4.69) is 51.5 Å². The number of nitrogens with zero attached hydrogens (tertiary/aromatic N) is 2. The molecule has 2 N–H and O–H groups in total. The second-order valence-electron chi connectivity index (χ2n) is 8.91. The van der Waals surface area contributed by atoms with Gasteiger partial charge in [-0.15, -0.1) is 0 Å². The van der Waals surface area contributed by atoms with Crippen molar-refractivity contribution in [3.63, 3.8) is 0 Å². The summed E-state index contributed by atoms with van der Waals surface area (Å²) < 4.78 is 5.87. The van der Waals surface area contributed by atoms with Crippen LogP contribution in [0.4, 0.5) is 0 Å². The summed E-state index contributed by atoms with van der Waals surface area (Å²) in [5, 5.41) is 12.7. The number of carbonyl (C=O) groups excluding carboxylic acids is 1. The standard InChI is InChI=1S/C26H35N3O3/c30-20-24-11-6-12-29(24)18-23-10-5-4-9-22(23)16-27-26(31)15-25-19-28(13-14-32-25)17-21-7-2-1-3-8-21/h1-5,7-10,24-25,30H,6,11-20H2,(H,27,31). The maximum Gasteiger partial charge on any atom is 0.222 e. The minimum Gasteiger partial charge on any atom is -0.395 e. The van der Waals surface area contributed by atoms with Crippen LogP contribution in [0.3, 0.4) is 0 Å². The summed E-state index contributed by atoms with van der Waals surface area (Å²) in [4.78, 5) is 17.4. The van der Waals surface area contributed by atoms with Gasteiger partial charge in [0.1, 0.15) is 0 Å². The predicted molar refractivity (Wildman–Crippen MR) is 125 cm³/mol. The number of rotatable bonds is 9. The van der Waals surface area contributed by atoms with Gasteiger partial charge in [0, 0.05) is 38.8 Å². The van der Waals surface area contributed by atoms with Crippen LogP contribution in [0.25, 0.3) is 0 Å². The number of aliphatic hydroxyl groups excluding tert-OH is 1. The van der Waals surface area contributed by atoms with Crippen LogP contribution < -0.4 is 5.32 Å². The topological polar surface area (TPSA) is 65.0 Å². The number of carbonyl (C=O) groups is 1. The molecule has 2 atom stereocenters. The summed E-state index contributed by atoms with van der Waals surface area (Å²) in [6.07, 6.45) is 2.49. The van der Waals surface area contributed by atoms with E-state index in [4.69, 9.17) is 4.74 Å². The van der Waals surface area contributed by atoms with Gasteiger partial charge in [-0.3, -0.25) is 14.6 Å². The maximum absolute atomic E-state index is 12.7. The lowest BCUT2D eigenvalue weighted by Gasteiger charge is -2.32. The highest BCUT2D eigenvalue weighted by atomic mass is 16.5. The van der Waals surface area contributed by atoms with Gasteiger partial charge in [0.05, 0.1) is 25.7 Å². The molecule has 2 unspecified atom stereocenters. The van der Waals surface area contributed by atoms with Gasteiger partial charge in [-0.25, -0.2) is 0 Å². The van der Waals surface area contributed by atoms with E-state index in [1.165, 1.54) is 11.1 Å². The van der Waals surface area contributed by atoms with Gasteiger partial charge in [0.2, 0.25) is 5.91 Å². The Balaban J connectivity index is 1.26. The molecule has 2 aromatic carbocycles. The predicted octanol–water partition coefficient (Wildman–Crippen LogP) is 2.55. The zero-order valence-corrected chi connectivity index (χ0v) is 18.8. The van der Waals surface area contributed by atoms with E-state index in [9.17, 15) is 9.90 Å². The highest BCUT2D eigenvalue weighted by Crippen LogP contribution is 2.21. The molecular formula is C26H35N3O3. The number of hydrogen-bond donors (Lipinski definition) is 2. The van der Waals surface area contributed by atoms with Crippen molar-refractivity contribution in [1.29, 1.82) is 0 Å². The van der Waals surface area contributed by atoms with Crippen LogP contribution in [-0.4, -0.2) is 65.8 Å². The first-order chi connectivity index (χ1) is 15.7. The molecule has 0 aliphatic carbocycles. The number of morpholine rings is 1.